The first-order chi connectivity index (χ1) is 15.1. The number of esters is 1. The van der Waals surface area contributed by atoms with Gasteiger partial charge in [0.15, 0.2) is 0 Å². The molecule has 0 aliphatic carbocycles. The summed E-state index contributed by atoms with van der Waals surface area (Å²) in [6, 6.07) is 14.7. The Morgan fingerprint density at radius 3 is 2.55 bits per heavy atom. The van der Waals surface area contributed by atoms with Gasteiger partial charge < -0.3 is 14.4 Å². The summed E-state index contributed by atoms with van der Waals surface area (Å²) >= 11 is 0. The fraction of sp³-hybridized carbons (Fsp3) is 0.231. The fourth-order valence-electron chi connectivity index (χ4n) is 4.07. The maximum Gasteiger partial charge on any atom is 0.349 e. The summed E-state index contributed by atoms with van der Waals surface area (Å²) in [4.78, 5) is 14.3. The molecule has 0 N–H and O–H groups in total. The predicted octanol–water partition coefficient (Wildman–Crippen LogP) is 5.26. The van der Waals surface area contributed by atoms with Crippen LogP contribution in [0.1, 0.15) is 25.3 Å². The average Bonchev–Trinajstić information content (AvgIpc) is 3.32. The Morgan fingerprint density at radius 1 is 1.10 bits per heavy atom. The van der Waals surface area contributed by atoms with Crippen molar-refractivity contribution >= 4 is 28.5 Å². The van der Waals surface area contributed by atoms with Gasteiger partial charge in [0.05, 0.1) is 7.11 Å². The van der Waals surface area contributed by atoms with Crippen LogP contribution >= 0.6 is 0 Å². The molecular formula is C26H24N2O3. The van der Waals surface area contributed by atoms with Gasteiger partial charge in [-0.25, -0.2) is 4.79 Å². The van der Waals surface area contributed by atoms with Crippen LogP contribution in [0.5, 0.6) is 0 Å². The summed E-state index contributed by atoms with van der Waals surface area (Å²) < 4.78 is 10.5. The molecule has 1 fully saturated rings. The summed E-state index contributed by atoms with van der Waals surface area (Å²) in [5.74, 6) is 0.494. The SMILES string of the molecule is COC(=O)C(C#N)=C1C=C(C)OC(C=Cc2ccc(N3CCCC3)c3ccccc23)=C1. The zero-order valence-corrected chi connectivity index (χ0v) is 17.7. The summed E-state index contributed by atoms with van der Waals surface area (Å²) in [5.41, 5.74) is 2.79. The van der Waals surface area contributed by atoms with Crippen LogP contribution in [0.15, 0.2) is 77.3 Å². The smallest absolute Gasteiger partial charge is 0.349 e. The molecule has 2 heterocycles. The lowest BCUT2D eigenvalue weighted by atomic mass is 10.0. The molecule has 5 heteroatoms. The van der Waals surface area contributed by atoms with Crippen molar-refractivity contribution in [3.05, 3.63) is 82.9 Å². The molecule has 0 aromatic heterocycles. The molecule has 0 saturated carbocycles. The zero-order valence-electron chi connectivity index (χ0n) is 17.7. The second-order valence-corrected chi connectivity index (χ2v) is 7.58. The normalized spacial score (nSPS) is 17.8. The summed E-state index contributed by atoms with van der Waals surface area (Å²) in [6.45, 7) is 3.98. The van der Waals surface area contributed by atoms with Gasteiger partial charge in [0.1, 0.15) is 23.2 Å². The minimum Gasteiger partial charge on any atom is -0.465 e. The van der Waals surface area contributed by atoms with Crippen LogP contribution in [0.4, 0.5) is 5.69 Å². The van der Waals surface area contributed by atoms with E-state index < -0.39 is 5.97 Å². The van der Waals surface area contributed by atoms with Gasteiger partial charge in [-0.15, -0.1) is 0 Å². The molecule has 0 bridgehead atoms. The van der Waals surface area contributed by atoms with Gasteiger partial charge in [0.2, 0.25) is 0 Å². The van der Waals surface area contributed by atoms with Crippen LogP contribution < -0.4 is 4.90 Å². The molecule has 2 aliphatic heterocycles. The number of hydrogen-bond acceptors (Lipinski definition) is 5. The molecule has 2 aromatic rings. The van der Waals surface area contributed by atoms with Crippen LogP contribution in [0.3, 0.4) is 0 Å². The highest BCUT2D eigenvalue weighted by Crippen LogP contribution is 2.32. The van der Waals surface area contributed by atoms with E-state index in [0.29, 0.717) is 17.1 Å². The molecule has 0 spiro atoms. The van der Waals surface area contributed by atoms with Crippen molar-refractivity contribution in [2.24, 2.45) is 0 Å². The van der Waals surface area contributed by atoms with Gasteiger partial charge >= 0.3 is 5.97 Å². The van der Waals surface area contributed by atoms with Crippen molar-refractivity contribution < 1.29 is 14.3 Å². The van der Waals surface area contributed by atoms with Crippen molar-refractivity contribution in [1.82, 2.24) is 0 Å². The molecule has 5 nitrogen and oxygen atoms in total. The number of nitrogens with zero attached hydrogens (tertiary/aromatic N) is 2. The van der Waals surface area contributed by atoms with Gasteiger partial charge in [-0.3, -0.25) is 0 Å². The first-order valence-electron chi connectivity index (χ1n) is 10.4. The molecule has 2 aliphatic rings. The van der Waals surface area contributed by atoms with E-state index >= 15 is 0 Å². The van der Waals surface area contributed by atoms with E-state index in [1.54, 1.807) is 19.1 Å². The van der Waals surface area contributed by atoms with Crippen LogP contribution in [0.25, 0.3) is 16.8 Å². The molecule has 0 amide bonds. The van der Waals surface area contributed by atoms with Crippen LogP contribution in [0.2, 0.25) is 0 Å². The molecular weight excluding hydrogens is 388 g/mol. The average molecular weight is 412 g/mol. The predicted molar refractivity (Wildman–Crippen MR) is 122 cm³/mol. The standard InChI is InChI=1S/C26H24N2O3/c1-18-15-20(24(17-27)26(29)30-2)16-21(31-18)11-9-19-10-12-25(28-13-5-6-14-28)23-8-4-3-7-22(19)23/h3-4,7-12,15-16H,5-6,13-14H2,1-2H3. The quantitative estimate of drug-likeness (QED) is 0.389. The third-order valence-corrected chi connectivity index (χ3v) is 5.53. The second kappa shape index (κ2) is 8.93. The topological polar surface area (TPSA) is 62.6 Å². The summed E-state index contributed by atoms with van der Waals surface area (Å²) in [5, 5.41) is 11.8. The molecule has 0 atom stereocenters. The van der Waals surface area contributed by atoms with E-state index in [2.05, 4.69) is 35.2 Å². The van der Waals surface area contributed by atoms with Gasteiger partial charge in [-0.2, -0.15) is 5.26 Å². The van der Waals surface area contributed by atoms with Gasteiger partial charge in [-0.1, -0.05) is 36.4 Å². The van der Waals surface area contributed by atoms with Gasteiger partial charge in [0, 0.05) is 29.7 Å². The highest BCUT2D eigenvalue weighted by atomic mass is 16.5. The number of benzene rings is 2. The molecule has 1 saturated heterocycles. The highest BCUT2D eigenvalue weighted by Gasteiger charge is 2.18. The second-order valence-electron chi connectivity index (χ2n) is 7.58. The number of fused-ring (bicyclic) bond motifs is 1. The van der Waals surface area contributed by atoms with Crippen LogP contribution in [0, 0.1) is 11.3 Å². The molecule has 4 rings (SSSR count). The van der Waals surface area contributed by atoms with E-state index in [0.717, 1.165) is 18.7 Å². The number of anilines is 1. The van der Waals surface area contributed by atoms with Crippen molar-refractivity contribution in [3.8, 4) is 6.07 Å². The Hall–Kier alpha value is -3.78. The maximum absolute atomic E-state index is 11.9. The monoisotopic (exact) mass is 412 g/mol. The number of allylic oxidation sites excluding steroid dienone is 5. The number of carbonyl (C=O) groups is 1. The fourth-order valence-corrected chi connectivity index (χ4v) is 4.07. The number of nitriles is 1. The van der Waals surface area contributed by atoms with Crippen molar-refractivity contribution in [3.63, 3.8) is 0 Å². The van der Waals surface area contributed by atoms with Crippen LogP contribution in [-0.4, -0.2) is 26.2 Å². The van der Waals surface area contributed by atoms with E-state index in [1.807, 2.05) is 24.3 Å². The van der Waals surface area contributed by atoms with Crippen LogP contribution in [-0.2, 0) is 14.3 Å². The lowest BCUT2D eigenvalue weighted by Crippen LogP contribution is -2.17. The maximum atomic E-state index is 11.9. The highest BCUT2D eigenvalue weighted by molar-refractivity contribution is 5.99. The van der Waals surface area contributed by atoms with E-state index in [1.165, 1.54) is 36.4 Å². The first-order valence-corrected chi connectivity index (χ1v) is 10.4. The third kappa shape index (κ3) is 4.24. The number of ether oxygens (including phenoxy) is 2. The minimum absolute atomic E-state index is 0.0449. The van der Waals surface area contributed by atoms with E-state index in [-0.39, 0.29) is 5.57 Å². The van der Waals surface area contributed by atoms with Crippen molar-refractivity contribution in [2.45, 2.75) is 19.8 Å². The third-order valence-electron chi connectivity index (χ3n) is 5.53. The Morgan fingerprint density at radius 2 is 1.84 bits per heavy atom. The Balaban J connectivity index is 1.70. The largest absolute Gasteiger partial charge is 0.465 e. The number of hydrogen-bond donors (Lipinski definition) is 0. The summed E-state index contributed by atoms with van der Waals surface area (Å²) in [6.07, 6.45) is 9.68. The molecule has 2 aromatic carbocycles. The van der Waals surface area contributed by atoms with E-state index in [4.69, 9.17) is 9.47 Å². The first kappa shape index (κ1) is 20.5. The minimum atomic E-state index is -0.661. The lowest BCUT2D eigenvalue weighted by Gasteiger charge is -2.20. The van der Waals surface area contributed by atoms with Gasteiger partial charge in [-0.05, 0) is 55.0 Å². The van der Waals surface area contributed by atoms with Crippen molar-refractivity contribution in [1.29, 1.82) is 5.26 Å². The Kier molecular flexibility index (Phi) is 5.90. The summed E-state index contributed by atoms with van der Waals surface area (Å²) in [7, 11) is 1.26. The number of methoxy groups -OCH3 is 1. The molecule has 0 unspecified atom stereocenters. The zero-order chi connectivity index (χ0) is 21.8. The molecule has 0 radical (unpaired) electrons. The van der Waals surface area contributed by atoms with E-state index in [9.17, 15) is 10.1 Å². The molecule has 31 heavy (non-hydrogen) atoms. The Bertz CT molecular complexity index is 1190. The Labute approximate surface area is 182 Å². The lowest BCUT2D eigenvalue weighted by molar-refractivity contribution is -0.135. The molecule has 156 valence electrons. The van der Waals surface area contributed by atoms with Crippen molar-refractivity contribution in [2.75, 3.05) is 25.1 Å². The van der Waals surface area contributed by atoms with Gasteiger partial charge in [0.25, 0.3) is 0 Å². The number of rotatable bonds is 4. The number of carbonyl (C=O) groups excluding carboxylic acids is 1.